The second-order valence-corrected chi connectivity index (χ2v) is 6.63. The molecule has 0 spiro atoms. The summed E-state index contributed by atoms with van der Waals surface area (Å²) in [5.74, 6) is 0.764. The molecule has 0 saturated carbocycles. The average Bonchev–Trinajstić information content (AvgIpc) is 2.31. The number of hydrogen-bond donors (Lipinski definition) is 1. The van der Waals surface area contributed by atoms with Crippen LogP contribution in [0, 0.1) is 5.92 Å². The van der Waals surface area contributed by atoms with Crippen molar-refractivity contribution in [2.75, 3.05) is 13.1 Å². The molecule has 18 heavy (non-hydrogen) atoms. The topological polar surface area (TPSA) is 29.3 Å². The molecular weight excluding hydrogens is 220 g/mol. The highest BCUT2D eigenvalue weighted by Crippen LogP contribution is 2.25. The van der Waals surface area contributed by atoms with Crippen LogP contribution >= 0.6 is 0 Å². The lowest BCUT2D eigenvalue weighted by molar-refractivity contribution is 0.0619. The van der Waals surface area contributed by atoms with Crippen molar-refractivity contribution < 1.29 is 0 Å². The molecule has 110 valence electrons. The van der Waals surface area contributed by atoms with E-state index in [1.165, 1.54) is 38.6 Å². The maximum atomic E-state index is 6.09. The summed E-state index contributed by atoms with van der Waals surface area (Å²) in [5.41, 5.74) is 6.27. The Morgan fingerprint density at radius 1 is 1.11 bits per heavy atom. The number of hydrogen-bond acceptors (Lipinski definition) is 2. The zero-order chi connectivity index (χ0) is 14.2. The van der Waals surface area contributed by atoms with Gasteiger partial charge < -0.3 is 5.73 Å². The fourth-order valence-electron chi connectivity index (χ4n) is 2.65. The van der Waals surface area contributed by atoms with E-state index in [1.54, 1.807) is 0 Å². The summed E-state index contributed by atoms with van der Waals surface area (Å²) in [6, 6.07) is 0.586. The second-order valence-electron chi connectivity index (χ2n) is 6.63. The predicted octanol–water partition coefficient (Wildman–Crippen LogP) is 4.04. The van der Waals surface area contributed by atoms with Crippen molar-refractivity contribution in [3.63, 3.8) is 0 Å². The molecule has 0 rings (SSSR count). The molecule has 2 heteroatoms. The molecule has 1 atom stereocenters. The standard InChI is InChI=1S/C16H36N2/c1-7-8-9-12-18(15(4)5)16(6,13-17)11-10-14(2)3/h14-15H,7-13,17H2,1-6H3. The van der Waals surface area contributed by atoms with E-state index in [9.17, 15) is 0 Å². The summed E-state index contributed by atoms with van der Waals surface area (Å²) in [6.45, 7) is 15.8. The number of nitrogens with zero attached hydrogens (tertiary/aromatic N) is 1. The van der Waals surface area contributed by atoms with Gasteiger partial charge in [-0.3, -0.25) is 4.90 Å². The Kier molecular flexibility index (Phi) is 8.89. The summed E-state index contributed by atoms with van der Waals surface area (Å²) < 4.78 is 0. The van der Waals surface area contributed by atoms with Gasteiger partial charge in [-0.05, 0) is 52.5 Å². The zero-order valence-electron chi connectivity index (χ0n) is 13.6. The number of rotatable bonds is 10. The molecule has 0 aromatic heterocycles. The second kappa shape index (κ2) is 8.92. The molecule has 0 aliphatic carbocycles. The van der Waals surface area contributed by atoms with Crippen molar-refractivity contribution in [3.8, 4) is 0 Å². The lowest BCUT2D eigenvalue weighted by Crippen LogP contribution is -2.55. The number of nitrogens with two attached hydrogens (primary N) is 1. The summed E-state index contributed by atoms with van der Waals surface area (Å²) in [4.78, 5) is 2.63. The molecule has 2 N–H and O–H groups in total. The molecule has 2 nitrogen and oxygen atoms in total. The van der Waals surface area contributed by atoms with Gasteiger partial charge in [-0.25, -0.2) is 0 Å². The molecule has 0 aliphatic rings. The Morgan fingerprint density at radius 3 is 2.11 bits per heavy atom. The van der Waals surface area contributed by atoms with Gasteiger partial charge in [0.1, 0.15) is 0 Å². The van der Waals surface area contributed by atoms with E-state index in [0.717, 1.165) is 12.5 Å². The van der Waals surface area contributed by atoms with E-state index in [2.05, 4.69) is 46.4 Å². The summed E-state index contributed by atoms with van der Waals surface area (Å²) in [6.07, 6.45) is 6.40. The normalized spacial score (nSPS) is 15.7. The summed E-state index contributed by atoms with van der Waals surface area (Å²) in [7, 11) is 0. The van der Waals surface area contributed by atoms with Crippen molar-refractivity contribution in [2.45, 2.75) is 85.2 Å². The SMILES string of the molecule is CCCCCN(C(C)C)C(C)(CN)CCC(C)C. The van der Waals surface area contributed by atoms with Crippen molar-refractivity contribution in [1.29, 1.82) is 0 Å². The maximum Gasteiger partial charge on any atom is 0.0306 e. The highest BCUT2D eigenvalue weighted by molar-refractivity contribution is 4.89. The molecule has 0 aromatic carbocycles. The van der Waals surface area contributed by atoms with Gasteiger partial charge in [-0.2, -0.15) is 0 Å². The highest BCUT2D eigenvalue weighted by Gasteiger charge is 2.31. The molecule has 0 amide bonds. The maximum absolute atomic E-state index is 6.09. The third kappa shape index (κ3) is 6.19. The van der Waals surface area contributed by atoms with E-state index in [1.807, 2.05) is 0 Å². The van der Waals surface area contributed by atoms with Gasteiger partial charge in [0.15, 0.2) is 0 Å². The van der Waals surface area contributed by atoms with Gasteiger partial charge in [-0.1, -0.05) is 33.6 Å². The van der Waals surface area contributed by atoms with E-state index in [-0.39, 0.29) is 5.54 Å². The van der Waals surface area contributed by atoms with Crippen molar-refractivity contribution in [3.05, 3.63) is 0 Å². The summed E-state index contributed by atoms with van der Waals surface area (Å²) >= 11 is 0. The first kappa shape index (κ1) is 17.9. The van der Waals surface area contributed by atoms with Crippen LogP contribution in [0.2, 0.25) is 0 Å². The van der Waals surface area contributed by atoms with Crippen LogP contribution < -0.4 is 5.73 Å². The van der Waals surface area contributed by atoms with Gasteiger partial charge >= 0.3 is 0 Å². The average molecular weight is 256 g/mol. The first-order valence-electron chi connectivity index (χ1n) is 7.84. The third-order valence-electron chi connectivity index (χ3n) is 4.02. The van der Waals surface area contributed by atoms with Crippen molar-refractivity contribution in [1.82, 2.24) is 4.90 Å². The van der Waals surface area contributed by atoms with Crippen LogP contribution in [0.5, 0.6) is 0 Å². The van der Waals surface area contributed by atoms with Crippen molar-refractivity contribution >= 4 is 0 Å². The van der Waals surface area contributed by atoms with Gasteiger partial charge in [0.2, 0.25) is 0 Å². The third-order valence-corrected chi connectivity index (χ3v) is 4.02. The summed E-state index contributed by atoms with van der Waals surface area (Å²) in [5, 5.41) is 0. The van der Waals surface area contributed by atoms with Crippen LogP contribution in [-0.2, 0) is 0 Å². The predicted molar refractivity (Wildman–Crippen MR) is 82.9 cm³/mol. The van der Waals surface area contributed by atoms with Gasteiger partial charge in [0.25, 0.3) is 0 Å². The first-order valence-corrected chi connectivity index (χ1v) is 7.84. The molecule has 1 unspecified atom stereocenters. The largest absolute Gasteiger partial charge is 0.329 e. The van der Waals surface area contributed by atoms with Crippen LogP contribution in [0.25, 0.3) is 0 Å². The van der Waals surface area contributed by atoms with E-state index >= 15 is 0 Å². The van der Waals surface area contributed by atoms with Crippen LogP contribution in [0.15, 0.2) is 0 Å². The van der Waals surface area contributed by atoms with E-state index < -0.39 is 0 Å². The van der Waals surface area contributed by atoms with Crippen LogP contribution in [-0.4, -0.2) is 29.6 Å². The minimum absolute atomic E-state index is 0.173. The van der Waals surface area contributed by atoms with Crippen LogP contribution in [0.1, 0.15) is 73.6 Å². The van der Waals surface area contributed by atoms with E-state index in [0.29, 0.717) is 6.04 Å². The van der Waals surface area contributed by atoms with Gasteiger partial charge in [-0.15, -0.1) is 0 Å². The van der Waals surface area contributed by atoms with Crippen molar-refractivity contribution in [2.24, 2.45) is 11.7 Å². The van der Waals surface area contributed by atoms with E-state index in [4.69, 9.17) is 5.73 Å². The zero-order valence-corrected chi connectivity index (χ0v) is 13.6. The Balaban J connectivity index is 4.57. The Hall–Kier alpha value is -0.0800. The monoisotopic (exact) mass is 256 g/mol. The van der Waals surface area contributed by atoms with Gasteiger partial charge in [0, 0.05) is 18.1 Å². The molecule has 0 bridgehead atoms. The van der Waals surface area contributed by atoms with Gasteiger partial charge in [0.05, 0.1) is 0 Å². The lowest BCUT2D eigenvalue weighted by atomic mass is 9.88. The van der Waals surface area contributed by atoms with Crippen LogP contribution in [0.4, 0.5) is 0 Å². The fourth-order valence-corrected chi connectivity index (χ4v) is 2.65. The first-order chi connectivity index (χ1) is 8.37. The molecular formula is C16H36N2. The number of unbranched alkanes of at least 4 members (excludes halogenated alkanes) is 2. The molecule has 0 aliphatic heterocycles. The quantitative estimate of drug-likeness (QED) is 0.598. The Labute approximate surface area is 115 Å². The smallest absolute Gasteiger partial charge is 0.0306 e. The molecule has 0 fully saturated rings. The molecule has 0 radical (unpaired) electrons. The van der Waals surface area contributed by atoms with Crippen LogP contribution in [0.3, 0.4) is 0 Å². The highest BCUT2D eigenvalue weighted by atomic mass is 15.2. The minimum atomic E-state index is 0.173. The minimum Gasteiger partial charge on any atom is -0.329 e. The lowest BCUT2D eigenvalue weighted by Gasteiger charge is -2.44. The Bertz CT molecular complexity index is 201. The molecule has 0 saturated heterocycles. The Morgan fingerprint density at radius 2 is 1.72 bits per heavy atom. The fraction of sp³-hybridized carbons (Fsp3) is 1.00. The molecule has 0 heterocycles. The molecule has 0 aromatic rings.